The van der Waals surface area contributed by atoms with Gasteiger partial charge in [-0.15, -0.1) is 0 Å². The van der Waals surface area contributed by atoms with E-state index < -0.39 is 0 Å². The van der Waals surface area contributed by atoms with Crippen LogP contribution >= 0.6 is 0 Å². The second kappa shape index (κ2) is 7.54. The maximum atomic E-state index is 5.62. The summed E-state index contributed by atoms with van der Waals surface area (Å²) < 4.78 is 5.62. The van der Waals surface area contributed by atoms with Crippen molar-refractivity contribution in [2.75, 3.05) is 6.61 Å². The molecule has 0 aliphatic carbocycles. The molecule has 0 fully saturated rings. The largest absolute Gasteiger partial charge is 0.494 e. The summed E-state index contributed by atoms with van der Waals surface area (Å²) in [5.74, 6) is 0.944. The molecule has 0 saturated heterocycles. The molecule has 0 spiro atoms. The van der Waals surface area contributed by atoms with Crippen molar-refractivity contribution in [1.82, 2.24) is 10.3 Å². The highest BCUT2D eigenvalue weighted by atomic mass is 16.5. The lowest BCUT2D eigenvalue weighted by Gasteiger charge is -2.08. The molecule has 1 heterocycles. The summed E-state index contributed by atoms with van der Waals surface area (Å²) >= 11 is 0. The van der Waals surface area contributed by atoms with Gasteiger partial charge in [0.05, 0.1) is 12.3 Å². The van der Waals surface area contributed by atoms with Gasteiger partial charge in [0.15, 0.2) is 0 Å². The third-order valence-electron chi connectivity index (χ3n) is 2.73. The zero-order valence-electron chi connectivity index (χ0n) is 11.3. The highest BCUT2D eigenvalue weighted by Crippen LogP contribution is 2.13. The molecule has 19 heavy (non-hydrogen) atoms. The molecule has 0 amide bonds. The summed E-state index contributed by atoms with van der Waals surface area (Å²) in [6.07, 6.45) is 2.85. The van der Waals surface area contributed by atoms with Gasteiger partial charge in [-0.2, -0.15) is 0 Å². The molecule has 0 bridgehead atoms. The molecule has 1 N–H and O–H groups in total. The fourth-order valence-corrected chi connectivity index (χ4v) is 1.80. The summed E-state index contributed by atoms with van der Waals surface area (Å²) in [4.78, 5) is 4.28. The fourth-order valence-electron chi connectivity index (χ4n) is 1.80. The van der Waals surface area contributed by atoms with Gasteiger partial charge in [-0.25, -0.2) is 0 Å². The molecule has 2 rings (SSSR count). The Labute approximate surface area is 114 Å². The Morgan fingerprint density at radius 1 is 1.11 bits per heavy atom. The number of hydrogen-bond donors (Lipinski definition) is 1. The summed E-state index contributed by atoms with van der Waals surface area (Å²) in [7, 11) is 0. The monoisotopic (exact) mass is 256 g/mol. The Morgan fingerprint density at radius 3 is 2.84 bits per heavy atom. The van der Waals surface area contributed by atoms with E-state index in [1.807, 2.05) is 36.5 Å². The second-order valence-electron chi connectivity index (χ2n) is 4.42. The summed E-state index contributed by atoms with van der Waals surface area (Å²) in [5.41, 5.74) is 2.28. The van der Waals surface area contributed by atoms with Crippen LogP contribution in [-0.4, -0.2) is 11.6 Å². The molecule has 0 saturated carbocycles. The van der Waals surface area contributed by atoms with Crippen LogP contribution in [0.5, 0.6) is 5.75 Å². The lowest BCUT2D eigenvalue weighted by Crippen LogP contribution is -2.13. The van der Waals surface area contributed by atoms with Crippen LogP contribution in [-0.2, 0) is 13.1 Å². The smallest absolute Gasteiger partial charge is 0.119 e. The Kier molecular flexibility index (Phi) is 5.38. The molecule has 0 aliphatic rings. The average Bonchev–Trinajstić information content (AvgIpc) is 2.47. The topological polar surface area (TPSA) is 34.1 Å². The molecule has 0 atom stereocenters. The summed E-state index contributed by atoms with van der Waals surface area (Å²) in [6.45, 7) is 4.48. The minimum atomic E-state index is 0.769. The molecule has 0 aliphatic heterocycles. The van der Waals surface area contributed by atoms with E-state index in [-0.39, 0.29) is 0 Å². The number of ether oxygens (including phenoxy) is 1. The van der Waals surface area contributed by atoms with Crippen molar-refractivity contribution in [3.8, 4) is 5.75 Å². The summed E-state index contributed by atoms with van der Waals surface area (Å²) in [5, 5.41) is 3.38. The number of benzene rings is 1. The van der Waals surface area contributed by atoms with Gasteiger partial charge in [0.1, 0.15) is 5.75 Å². The van der Waals surface area contributed by atoms with Gasteiger partial charge in [0.25, 0.3) is 0 Å². The van der Waals surface area contributed by atoms with Gasteiger partial charge in [-0.05, 0) is 36.2 Å². The van der Waals surface area contributed by atoms with Gasteiger partial charge >= 0.3 is 0 Å². The highest BCUT2D eigenvalue weighted by Gasteiger charge is 1.97. The first-order chi connectivity index (χ1) is 9.38. The van der Waals surface area contributed by atoms with Crippen LogP contribution in [0.4, 0.5) is 0 Å². The minimum Gasteiger partial charge on any atom is -0.494 e. The number of hydrogen-bond acceptors (Lipinski definition) is 3. The Bertz CT molecular complexity index is 485. The van der Waals surface area contributed by atoms with E-state index >= 15 is 0 Å². The number of rotatable bonds is 7. The van der Waals surface area contributed by atoms with Crippen LogP contribution < -0.4 is 10.1 Å². The van der Waals surface area contributed by atoms with Gasteiger partial charge in [-0.3, -0.25) is 4.98 Å². The van der Waals surface area contributed by atoms with E-state index in [1.54, 1.807) is 0 Å². The van der Waals surface area contributed by atoms with Crippen LogP contribution in [0.1, 0.15) is 24.6 Å². The average molecular weight is 256 g/mol. The van der Waals surface area contributed by atoms with E-state index in [4.69, 9.17) is 4.74 Å². The SMILES string of the molecule is CCCOc1cccc(CNCc2ccccn2)c1. The van der Waals surface area contributed by atoms with Crippen molar-refractivity contribution in [1.29, 1.82) is 0 Å². The maximum Gasteiger partial charge on any atom is 0.119 e. The van der Waals surface area contributed by atoms with E-state index in [9.17, 15) is 0 Å². The highest BCUT2D eigenvalue weighted by molar-refractivity contribution is 5.28. The number of pyridine rings is 1. The van der Waals surface area contributed by atoms with Crippen molar-refractivity contribution in [2.45, 2.75) is 26.4 Å². The molecular formula is C16H20N2O. The Balaban J connectivity index is 1.82. The van der Waals surface area contributed by atoms with Gasteiger partial charge in [-0.1, -0.05) is 25.1 Å². The molecule has 1 aromatic carbocycles. The number of aromatic nitrogens is 1. The molecule has 1 aromatic heterocycles. The van der Waals surface area contributed by atoms with Crippen LogP contribution in [0.3, 0.4) is 0 Å². The first-order valence-corrected chi connectivity index (χ1v) is 6.71. The minimum absolute atomic E-state index is 0.769. The Hall–Kier alpha value is -1.87. The van der Waals surface area contributed by atoms with Crippen LogP contribution in [0.25, 0.3) is 0 Å². The molecule has 3 nitrogen and oxygen atoms in total. The predicted molar refractivity (Wildman–Crippen MR) is 77.0 cm³/mol. The van der Waals surface area contributed by atoms with Gasteiger partial charge in [0.2, 0.25) is 0 Å². The maximum absolute atomic E-state index is 5.62. The first-order valence-electron chi connectivity index (χ1n) is 6.71. The number of nitrogens with one attached hydrogen (secondary N) is 1. The van der Waals surface area contributed by atoms with Crippen LogP contribution in [0.2, 0.25) is 0 Å². The fraction of sp³-hybridized carbons (Fsp3) is 0.312. The second-order valence-corrected chi connectivity index (χ2v) is 4.42. The van der Waals surface area contributed by atoms with Crippen molar-refractivity contribution < 1.29 is 4.74 Å². The van der Waals surface area contributed by atoms with Crippen LogP contribution in [0.15, 0.2) is 48.7 Å². The first kappa shape index (κ1) is 13.6. The van der Waals surface area contributed by atoms with Crippen molar-refractivity contribution >= 4 is 0 Å². The Morgan fingerprint density at radius 2 is 2.05 bits per heavy atom. The van der Waals surface area contributed by atoms with Gasteiger partial charge < -0.3 is 10.1 Å². The third kappa shape index (κ3) is 4.72. The quantitative estimate of drug-likeness (QED) is 0.826. The molecule has 2 aromatic rings. The summed E-state index contributed by atoms with van der Waals surface area (Å²) in [6, 6.07) is 14.2. The number of nitrogens with zero attached hydrogens (tertiary/aromatic N) is 1. The molecule has 3 heteroatoms. The lowest BCUT2D eigenvalue weighted by molar-refractivity contribution is 0.317. The molecule has 0 radical (unpaired) electrons. The zero-order chi connectivity index (χ0) is 13.3. The standard InChI is InChI=1S/C16H20N2O/c1-2-10-19-16-8-5-6-14(11-16)12-17-13-15-7-3-4-9-18-15/h3-9,11,17H,2,10,12-13H2,1H3. The van der Waals surface area contributed by atoms with E-state index in [2.05, 4.69) is 29.4 Å². The van der Waals surface area contributed by atoms with Gasteiger partial charge in [0, 0.05) is 19.3 Å². The molecular weight excluding hydrogens is 236 g/mol. The third-order valence-corrected chi connectivity index (χ3v) is 2.73. The van der Waals surface area contributed by atoms with E-state index in [0.717, 1.165) is 37.6 Å². The zero-order valence-corrected chi connectivity index (χ0v) is 11.3. The predicted octanol–water partition coefficient (Wildman–Crippen LogP) is 3.16. The molecule has 100 valence electrons. The van der Waals surface area contributed by atoms with E-state index in [1.165, 1.54) is 5.56 Å². The van der Waals surface area contributed by atoms with Crippen LogP contribution in [0, 0.1) is 0 Å². The van der Waals surface area contributed by atoms with Crippen molar-refractivity contribution in [3.05, 3.63) is 59.9 Å². The lowest BCUT2D eigenvalue weighted by atomic mass is 10.2. The van der Waals surface area contributed by atoms with E-state index in [0.29, 0.717) is 0 Å². The normalized spacial score (nSPS) is 10.4. The van der Waals surface area contributed by atoms with Crippen molar-refractivity contribution in [2.24, 2.45) is 0 Å². The van der Waals surface area contributed by atoms with Crippen molar-refractivity contribution in [3.63, 3.8) is 0 Å². The molecule has 0 unspecified atom stereocenters.